The van der Waals surface area contributed by atoms with Gasteiger partial charge in [-0.1, -0.05) is 37.3 Å². The number of nitrogens with zero attached hydrogens (tertiary/aromatic N) is 3. The van der Waals surface area contributed by atoms with Crippen LogP contribution in [0, 0.1) is 13.8 Å². The normalized spacial score (nSPS) is 15.8. The van der Waals surface area contributed by atoms with Crippen molar-refractivity contribution < 1.29 is 12.8 Å². The minimum Gasteiger partial charge on any atom is -0.383 e. The number of anilines is 1. The molecule has 6 heteroatoms. The highest BCUT2D eigenvalue weighted by Crippen LogP contribution is 2.31. The van der Waals surface area contributed by atoms with Gasteiger partial charge >= 0.3 is 0 Å². The van der Waals surface area contributed by atoms with Gasteiger partial charge in [0.15, 0.2) is 5.82 Å². The van der Waals surface area contributed by atoms with Gasteiger partial charge in [-0.3, -0.25) is 4.79 Å². The van der Waals surface area contributed by atoms with Crippen LogP contribution < -0.4 is 10.2 Å². The molecule has 1 aromatic heterocycles. The zero-order valence-electron chi connectivity index (χ0n) is 18.4. The van der Waals surface area contributed by atoms with Crippen LogP contribution in [0.2, 0.25) is 0 Å². The highest BCUT2D eigenvalue weighted by atomic mass is 16.3. The number of carbonyl (C=O) groups excluding carboxylic acids is 1. The van der Waals surface area contributed by atoms with Crippen LogP contribution in [0.4, 0.5) is 5.82 Å². The second kappa shape index (κ2) is 9.02. The maximum Gasteiger partial charge on any atom is 0.249 e. The Bertz CT molecular complexity index is 1100. The van der Waals surface area contributed by atoms with Crippen LogP contribution in [0.15, 0.2) is 42.5 Å². The van der Waals surface area contributed by atoms with Gasteiger partial charge in [-0.05, 0) is 56.4 Å². The first-order valence-electron chi connectivity index (χ1n) is 11.0. The largest absolute Gasteiger partial charge is 0.383 e. The van der Waals surface area contributed by atoms with Crippen LogP contribution in [0.25, 0.3) is 22.3 Å². The van der Waals surface area contributed by atoms with Crippen molar-refractivity contribution in [2.75, 3.05) is 18.0 Å². The van der Waals surface area contributed by atoms with E-state index in [1.54, 1.807) is 6.92 Å². The van der Waals surface area contributed by atoms with Crippen molar-refractivity contribution in [3.8, 4) is 11.4 Å². The number of aliphatic hydroxyl groups excluding tert-OH is 1. The number of aliphatic hydroxyl groups is 1. The summed E-state index contributed by atoms with van der Waals surface area (Å²) in [6.07, 6.45) is 1.14. The average molecular weight is 423 g/mol. The molecular formula is C25H34N4O2. The summed E-state index contributed by atoms with van der Waals surface area (Å²) in [5, 5.41) is 13.8. The zero-order chi connectivity index (χ0) is 22.0. The topological polar surface area (TPSA) is 78.4 Å². The molecule has 1 atom stereocenters. The van der Waals surface area contributed by atoms with Crippen molar-refractivity contribution >= 4 is 22.6 Å². The van der Waals surface area contributed by atoms with Gasteiger partial charge in [0.05, 0.1) is 5.52 Å². The van der Waals surface area contributed by atoms with E-state index in [9.17, 15) is 9.90 Å². The lowest BCUT2D eigenvalue weighted by Crippen LogP contribution is -2.47. The van der Waals surface area contributed by atoms with Crippen molar-refractivity contribution in [3.05, 3.63) is 53.6 Å². The van der Waals surface area contributed by atoms with E-state index in [0.717, 1.165) is 59.6 Å². The minimum atomic E-state index is -0.927. The van der Waals surface area contributed by atoms with Gasteiger partial charge in [0.2, 0.25) is 5.91 Å². The van der Waals surface area contributed by atoms with E-state index in [2.05, 4.69) is 54.4 Å². The van der Waals surface area contributed by atoms with Gasteiger partial charge in [-0.25, -0.2) is 9.97 Å². The quantitative estimate of drug-likeness (QED) is 0.642. The maximum atomic E-state index is 12.0. The Labute approximate surface area is 186 Å². The molecule has 3 aromatic rings. The SMILES string of the molecule is CC[C@H](O)C(=O)NC1CCN(c2nc(-c3ccccc3C)nc3cc(C)ccc23)CC1.[HH].[HH]. The van der Waals surface area contributed by atoms with E-state index in [0.29, 0.717) is 6.42 Å². The molecule has 1 fully saturated rings. The first-order valence-corrected chi connectivity index (χ1v) is 11.0. The Morgan fingerprint density at radius 1 is 1.19 bits per heavy atom. The summed E-state index contributed by atoms with van der Waals surface area (Å²) in [5.41, 5.74) is 4.31. The van der Waals surface area contributed by atoms with E-state index < -0.39 is 6.10 Å². The fraction of sp³-hybridized carbons (Fsp3) is 0.400. The molecule has 0 aliphatic carbocycles. The molecule has 1 saturated heterocycles. The molecule has 0 unspecified atom stereocenters. The Morgan fingerprint density at radius 2 is 1.94 bits per heavy atom. The number of rotatable bonds is 5. The van der Waals surface area contributed by atoms with Gasteiger partial charge < -0.3 is 15.3 Å². The van der Waals surface area contributed by atoms with Crippen LogP contribution in [-0.4, -0.2) is 46.2 Å². The summed E-state index contributed by atoms with van der Waals surface area (Å²) in [6.45, 7) is 7.55. The number of carbonyl (C=O) groups is 1. The van der Waals surface area contributed by atoms with Gasteiger partial charge in [0.25, 0.3) is 0 Å². The number of amides is 1. The summed E-state index contributed by atoms with van der Waals surface area (Å²) in [4.78, 5) is 24.2. The molecule has 6 nitrogen and oxygen atoms in total. The molecule has 1 aliphatic heterocycles. The molecule has 2 heterocycles. The van der Waals surface area contributed by atoms with Crippen molar-refractivity contribution in [1.82, 2.24) is 15.3 Å². The molecule has 1 aliphatic rings. The number of aromatic nitrogens is 2. The monoisotopic (exact) mass is 422 g/mol. The smallest absolute Gasteiger partial charge is 0.249 e. The van der Waals surface area contributed by atoms with E-state index in [-0.39, 0.29) is 14.8 Å². The predicted molar refractivity (Wildman–Crippen MR) is 128 cm³/mol. The van der Waals surface area contributed by atoms with E-state index >= 15 is 0 Å². The molecule has 0 spiro atoms. The minimum absolute atomic E-state index is 0. The molecule has 166 valence electrons. The molecule has 4 rings (SSSR count). The maximum absolute atomic E-state index is 12.0. The number of nitrogens with one attached hydrogen (secondary N) is 1. The molecule has 0 radical (unpaired) electrons. The summed E-state index contributed by atoms with van der Waals surface area (Å²) < 4.78 is 0. The van der Waals surface area contributed by atoms with E-state index in [4.69, 9.17) is 9.97 Å². The molecule has 2 aromatic carbocycles. The van der Waals surface area contributed by atoms with Crippen LogP contribution in [0.3, 0.4) is 0 Å². The van der Waals surface area contributed by atoms with Crippen LogP contribution in [-0.2, 0) is 4.79 Å². The Balaban J connectivity index is 0.00000193. The van der Waals surface area contributed by atoms with Crippen molar-refractivity contribution in [2.45, 2.75) is 52.2 Å². The lowest BCUT2D eigenvalue weighted by Gasteiger charge is -2.34. The Kier molecular flexibility index (Phi) is 6.18. The molecule has 31 heavy (non-hydrogen) atoms. The highest BCUT2D eigenvalue weighted by molar-refractivity contribution is 5.91. The third kappa shape index (κ3) is 4.54. The summed E-state index contributed by atoms with van der Waals surface area (Å²) >= 11 is 0. The Hall–Kier alpha value is -2.99. The summed E-state index contributed by atoms with van der Waals surface area (Å²) in [7, 11) is 0. The number of aryl methyl sites for hydroxylation is 2. The molecule has 0 bridgehead atoms. The lowest BCUT2D eigenvalue weighted by molar-refractivity contribution is -0.130. The molecule has 1 amide bonds. The number of benzene rings is 2. The van der Waals surface area contributed by atoms with Crippen LogP contribution in [0.5, 0.6) is 0 Å². The van der Waals surface area contributed by atoms with Crippen molar-refractivity contribution in [2.24, 2.45) is 0 Å². The highest BCUT2D eigenvalue weighted by Gasteiger charge is 2.25. The standard InChI is InChI=1S/C25H30N4O2.2H2/c1-4-22(30)25(31)26-18-11-13-29(14-12-18)24-20-10-9-16(2)15-21(20)27-23(28-24)19-8-6-5-7-17(19)3;;/h5-10,15,18,22,30H,4,11-14H2,1-3H3,(H,26,31);2*1H/t22-;;/m0../s1. The lowest BCUT2D eigenvalue weighted by atomic mass is 10.0. The third-order valence-electron chi connectivity index (χ3n) is 6.05. The second-order valence-corrected chi connectivity index (χ2v) is 8.40. The van der Waals surface area contributed by atoms with Gasteiger partial charge in [-0.15, -0.1) is 0 Å². The molecular weight excluding hydrogens is 388 g/mol. The van der Waals surface area contributed by atoms with Crippen molar-refractivity contribution in [3.63, 3.8) is 0 Å². The van der Waals surface area contributed by atoms with Crippen molar-refractivity contribution in [1.29, 1.82) is 0 Å². The average Bonchev–Trinajstić information content (AvgIpc) is 2.78. The number of hydrogen-bond donors (Lipinski definition) is 2. The third-order valence-corrected chi connectivity index (χ3v) is 6.05. The summed E-state index contributed by atoms with van der Waals surface area (Å²) in [6, 6.07) is 14.6. The Morgan fingerprint density at radius 3 is 2.65 bits per heavy atom. The molecule has 0 saturated carbocycles. The number of fused-ring (bicyclic) bond motifs is 1. The van der Waals surface area contributed by atoms with Gasteiger partial charge in [-0.2, -0.15) is 0 Å². The first-order chi connectivity index (χ1) is 15.0. The number of hydrogen-bond acceptors (Lipinski definition) is 5. The van der Waals surface area contributed by atoms with E-state index in [1.165, 1.54) is 5.56 Å². The first kappa shape index (κ1) is 21.2. The summed E-state index contributed by atoms with van der Waals surface area (Å²) in [5.74, 6) is 1.42. The number of piperidine rings is 1. The fourth-order valence-corrected chi connectivity index (χ4v) is 4.13. The van der Waals surface area contributed by atoms with Gasteiger partial charge in [0, 0.05) is 32.9 Å². The zero-order valence-corrected chi connectivity index (χ0v) is 18.4. The van der Waals surface area contributed by atoms with Crippen LogP contribution in [0.1, 0.15) is 40.2 Å². The predicted octanol–water partition coefficient (Wildman–Crippen LogP) is 4.26. The second-order valence-electron chi connectivity index (χ2n) is 8.40. The van der Waals surface area contributed by atoms with Crippen LogP contribution >= 0.6 is 0 Å². The fourth-order valence-electron chi connectivity index (χ4n) is 4.13. The van der Waals surface area contributed by atoms with Gasteiger partial charge in [0.1, 0.15) is 11.9 Å². The molecule has 2 N–H and O–H groups in total. The van der Waals surface area contributed by atoms with E-state index in [1.807, 2.05) is 12.1 Å².